The molecule has 6 heterocycles. The highest BCUT2D eigenvalue weighted by Gasteiger charge is 2.31. The second-order valence-corrected chi connectivity index (χ2v) is 42.7. The van der Waals surface area contributed by atoms with Crippen molar-refractivity contribution in [2.24, 2.45) is 0 Å². The van der Waals surface area contributed by atoms with Crippen molar-refractivity contribution in [1.29, 1.82) is 0 Å². The molecule has 0 unspecified atom stereocenters. The summed E-state index contributed by atoms with van der Waals surface area (Å²) in [6.45, 7) is 0. The summed E-state index contributed by atoms with van der Waals surface area (Å²) in [5, 5.41) is 36.8. The molecule has 33 aromatic rings. The van der Waals surface area contributed by atoms with Crippen LogP contribution in [0.1, 0.15) is 0 Å². The van der Waals surface area contributed by atoms with Crippen LogP contribution in [0.3, 0.4) is 0 Å². The molecular formula is C144H84O3S3. The standard InChI is InChI=1S/3C48H28OS/c1-2-12-29(13-3-1)30-22-24-32(25-23-30)43-35-17-6-8-19-37(35)44(38-20-9-7-18-36(38)43)45-47-40(28-41-34-16-10-11-21-42(34)50-48(41)45)39-27-26-31-14-4-5-15-33(31)46(39)49-47;1-2-12-29(13-3-1)30-22-24-31(25-23-30)44-34-16-6-8-18-36(34)45(37-19-9-7-17-35(37)44)41-28-40-39-26-32-14-4-5-15-33(32)27-43(39)50-48(40)47-46(41)38-20-10-11-21-42(38)49-47;1-2-12-29(13-3-1)30-22-24-32(25-23-30)43-34-16-6-8-18-36(34)44(37-19-9-7-17-35(37)43)39-28-42-46(38-20-10-11-21-41(38)50-42)47-45-33-15-5-4-14-31(33)26-27-40(45)49-48(39)47/h3*1-28H. The Labute approximate surface area is 873 Å². The second-order valence-electron chi connectivity index (χ2n) is 39.5. The number of thiophene rings is 3. The molecule has 0 saturated carbocycles. The zero-order chi connectivity index (χ0) is 98.3. The lowest BCUT2D eigenvalue weighted by Crippen LogP contribution is -1.91. The Kier molecular flexibility index (Phi) is 19.7. The lowest BCUT2D eigenvalue weighted by atomic mass is 9.84. The van der Waals surface area contributed by atoms with E-state index in [1.807, 2.05) is 34.0 Å². The maximum absolute atomic E-state index is 7.13. The molecule has 0 radical (unpaired) electrons. The molecule has 696 valence electrons. The molecule has 3 nitrogen and oxygen atoms in total. The minimum absolute atomic E-state index is 0.919. The molecule has 0 fully saturated rings. The lowest BCUT2D eigenvalue weighted by molar-refractivity contribution is 0.670. The largest absolute Gasteiger partial charge is 0.455 e. The average Bonchev–Trinajstić information content (AvgIpc) is 1.51. The summed E-state index contributed by atoms with van der Waals surface area (Å²) in [7, 11) is 0. The van der Waals surface area contributed by atoms with E-state index in [9.17, 15) is 0 Å². The molecule has 0 N–H and O–H groups in total. The Bertz CT molecular complexity index is 11300. The molecule has 6 heteroatoms. The number of hydrogen-bond donors (Lipinski definition) is 0. The summed E-state index contributed by atoms with van der Waals surface area (Å²) in [6, 6.07) is 185. The van der Waals surface area contributed by atoms with Crippen molar-refractivity contribution in [1.82, 2.24) is 0 Å². The number of fused-ring (bicyclic) bond motifs is 31. The molecule has 27 aromatic carbocycles. The van der Waals surface area contributed by atoms with Gasteiger partial charge in [-0.1, -0.05) is 449 Å². The first-order valence-corrected chi connectivity index (χ1v) is 53.7. The smallest absolute Gasteiger partial charge is 0.153 e. The first-order chi connectivity index (χ1) is 74.4. The molecule has 33 rings (SSSR count). The van der Waals surface area contributed by atoms with E-state index in [0.717, 1.165) is 60.6 Å². The predicted octanol–water partition coefficient (Wildman–Crippen LogP) is 43.2. The molecule has 0 spiro atoms. The van der Waals surface area contributed by atoms with Gasteiger partial charge in [0.2, 0.25) is 0 Å². The quantitative estimate of drug-likeness (QED) is 0.135. The molecule has 6 aromatic heterocycles. The van der Waals surface area contributed by atoms with Gasteiger partial charge in [0.05, 0.1) is 4.70 Å². The van der Waals surface area contributed by atoms with E-state index in [2.05, 4.69) is 510 Å². The van der Waals surface area contributed by atoms with E-state index in [0.29, 0.717) is 0 Å². The first-order valence-electron chi connectivity index (χ1n) is 51.3. The summed E-state index contributed by atoms with van der Waals surface area (Å²) >= 11 is 5.58. The minimum Gasteiger partial charge on any atom is -0.455 e. The van der Waals surface area contributed by atoms with Crippen LogP contribution >= 0.6 is 34.0 Å². The highest BCUT2D eigenvalue weighted by molar-refractivity contribution is 7.27. The van der Waals surface area contributed by atoms with E-state index >= 15 is 0 Å². The highest BCUT2D eigenvalue weighted by atomic mass is 32.1. The van der Waals surface area contributed by atoms with Crippen LogP contribution in [0.5, 0.6) is 0 Å². The normalized spacial score (nSPS) is 12.0. The monoisotopic (exact) mass is 1960 g/mol. The summed E-state index contributed by atoms with van der Waals surface area (Å²) in [6.07, 6.45) is 0. The fraction of sp³-hybridized carbons (Fsp3) is 0. The highest BCUT2D eigenvalue weighted by Crippen LogP contribution is 2.58. The van der Waals surface area contributed by atoms with E-state index in [4.69, 9.17) is 13.3 Å². The number of hydrogen-bond acceptors (Lipinski definition) is 6. The molecule has 0 amide bonds. The second kappa shape index (κ2) is 34.5. The fourth-order valence-electron chi connectivity index (χ4n) is 24.7. The minimum atomic E-state index is 0.919. The maximum atomic E-state index is 7.13. The van der Waals surface area contributed by atoms with Gasteiger partial charge in [0.15, 0.2) is 5.58 Å². The van der Waals surface area contributed by atoms with Gasteiger partial charge >= 0.3 is 0 Å². The third-order valence-corrected chi connectivity index (χ3v) is 34.8. The van der Waals surface area contributed by atoms with E-state index < -0.39 is 0 Å². The number of para-hydroxylation sites is 1. The van der Waals surface area contributed by atoms with Gasteiger partial charge in [-0.3, -0.25) is 0 Å². The van der Waals surface area contributed by atoms with Gasteiger partial charge in [0.1, 0.15) is 27.9 Å². The Hall–Kier alpha value is -18.7. The van der Waals surface area contributed by atoms with E-state index in [1.165, 1.54) is 263 Å². The molecular weight excluding hydrogens is 1870 g/mol. The Morgan fingerprint density at radius 1 is 0.127 bits per heavy atom. The molecule has 0 bridgehead atoms. The van der Waals surface area contributed by atoms with Gasteiger partial charge in [-0.05, 0) is 230 Å². The van der Waals surface area contributed by atoms with Crippen LogP contribution in [-0.4, -0.2) is 0 Å². The maximum Gasteiger partial charge on any atom is 0.153 e. The van der Waals surface area contributed by atoms with Crippen LogP contribution in [0.15, 0.2) is 523 Å². The van der Waals surface area contributed by atoms with Gasteiger partial charge < -0.3 is 13.3 Å². The predicted molar refractivity (Wildman–Crippen MR) is 646 cm³/mol. The Morgan fingerprint density at radius 3 is 1.01 bits per heavy atom. The van der Waals surface area contributed by atoms with E-state index in [1.54, 1.807) is 0 Å². The van der Waals surface area contributed by atoms with Crippen molar-refractivity contribution in [2.45, 2.75) is 0 Å². The zero-order valence-electron chi connectivity index (χ0n) is 80.9. The summed E-state index contributed by atoms with van der Waals surface area (Å²) < 4.78 is 28.6. The SMILES string of the molecule is c1ccc(-c2ccc(-c3c4ccccc4c(-c4c5oc6c7ccccc7ccc6c5cc5c4sc4ccccc45)c4ccccc34)cc2)cc1.c1ccc(-c2ccc(-c3c4ccccc4c(-c4cc5c6cc7ccccc7cc6sc5c5oc6ccccc6c45)c4ccccc34)cc2)cc1.c1ccc(-c2ccc(-c3c4ccccc4c(-c4cc5sc6ccccc6c5c5c4oc4ccc6ccccc6c45)c4ccccc34)cc2)cc1. The lowest BCUT2D eigenvalue weighted by Gasteiger charge is -2.18. The average molecular weight is 1960 g/mol. The number of benzene rings is 27. The molecule has 0 aliphatic rings. The van der Waals surface area contributed by atoms with Crippen molar-refractivity contribution in [3.63, 3.8) is 0 Å². The van der Waals surface area contributed by atoms with Gasteiger partial charge in [-0.25, -0.2) is 0 Å². The fourth-order valence-corrected chi connectivity index (χ4v) is 28.3. The summed E-state index contributed by atoms with van der Waals surface area (Å²) in [4.78, 5) is 0. The van der Waals surface area contributed by atoms with Crippen molar-refractivity contribution in [3.8, 4) is 100 Å². The van der Waals surface area contributed by atoms with Gasteiger partial charge in [0, 0.05) is 116 Å². The summed E-state index contributed by atoms with van der Waals surface area (Å²) in [5.41, 5.74) is 27.6. The molecule has 0 atom stereocenters. The third kappa shape index (κ3) is 13.5. The topological polar surface area (TPSA) is 39.4 Å². The third-order valence-electron chi connectivity index (χ3n) is 31.3. The van der Waals surface area contributed by atoms with Crippen LogP contribution in [-0.2, 0) is 0 Å². The van der Waals surface area contributed by atoms with Crippen molar-refractivity contribution < 1.29 is 13.3 Å². The van der Waals surface area contributed by atoms with Crippen molar-refractivity contribution in [2.75, 3.05) is 0 Å². The Morgan fingerprint density at radius 2 is 0.493 bits per heavy atom. The summed E-state index contributed by atoms with van der Waals surface area (Å²) in [5.74, 6) is 0. The molecule has 150 heavy (non-hydrogen) atoms. The number of rotatable bonds is 9. The number of furan rings is 3. The van der Waals surface area contributed by atoms with Crippen LogP contribution < -0.4 is 0 Å². The van der Waals surface area contributed by atoms with Gasteiger partial charge in [0.25, 0.3) is 0 Å². The van der Waals surface area contributed by atoms with Crippen LogP contribution in [0.25, 0.3) is 323 Å². The Balaban J connectivity index is 0.000000101. The van der Waals surface area contributed by atoms with Crippen molar-refractivity contribution >= 4 is 257 Å². The van der Waals surface area contributed by atoms with Crippen LogP contribution in [0.4, 0.5) is 0 Å². The first kappa shape index (κ1) is 85.7. The van der Waals surface area contributed by atoms with E-state index in [-0.39, 0.29) is 0 Å². The van der Waals surface area contributed by atoms with Crippen LogP contribution in [0.2, 0.25) is 0 Å². The zero-order valence-corrected chi connectivity index (χ0v) is 83.4. The van der Waals surface area contributed by atoms with Crippen LogP contribution in [0, 0.1) is 0 Å². The van der Waals surface area contributed by atoms with Gasteiger partial charge in [-0.2, -0.15) is 0 Å². The van der Waals surface area contributed by atoms with Crippen molar-refractivity contribution in [3.05, 3.63) is 510 Å². The molecule has 0 saturated heterocycles. The molecule has 0 aliphatic heterocycles. The van der Waals surface area contributed by atoms with Gasteiger partial charge in [-0.15, -0.1) is 34.0 Å². The molecule has 0 aliphatic carbocycles.